The van der Waals surface area contributed by atoms with Gasteiger partial charge in [-0.25, -0.2) is 9.78 Å². The summed E-state index contributed by atoms with van der Waals surface area (Å²) in [5, 5.41) is 48.8. The summed E-state index contributed by atoms with van der Waals surface area (Å²) in [7, 11) is 0. The number of aliphatic hydroxyl groups excluding tert-OH is 1. The number of unbranched alkanes of at least 4 members (excludes halogenated alkanes) is 14. The van der Waals surface area contributed by atoms with Crippen molar-refractivity contribution in [3.63, 3.8) is 0 Å². The first-order chi connectivity index (χ1) is 36.8. The van der Waals surface area contributed by atoms with Crippen LogP contribution in [0.2, 0.25) is 0 Å². The molecule has 4 amide bonds. The normalized spacial score (nSPS) is 14.2. The lowest BCUT2D eigenvalue weighted by molar-refractivity contribution is -0.145. The van der Waals surface area contributed by atoms with Crippen molar-refractivity contribution in [2.75, 3.05) is 19.7 Å². The maximum Gasteiger partial charge on any atom is 0.326 e. The second-order valence-corrected chi connectivity index (χ2v) is 20.8. The van der Waals surface area contributed by atoms with Crippen molar-refractivity contribution >= 4 is 64.7 Å². The van der Waals surface area contributed by atoms with Crippen LogP contribution in [0.5, 0.6) is 0 Å². The lowest BCUT2D eigenvalue weighted by Gasteiger charge is -2.41. The number of hydrogen-bond donors (Lipinski definition) is 10. The number of aromatic amines is 1. The molecule has 0 radical (unpaired) electrons. The Morgan fingerprint density at radius 3 is 1.73 bits per heavy atom. The van der Waals surface area contributed by atoms with Crippen LogP contribution in [0.15, 0.2) is 12.5 Å². The predicted octanol–water partition coefficient (Wildman–Crippen LogP) is 5.10. The van der Waals surface area contributed by atoms with Crippen molar-refractivity contribution in [2.24, 2.45) is 17.6 Å². The number of carbonyl (C=O) groups is 11. The highest BCUT2D eigenvalue weighted by molar-refractivity contribution is 5.95. The van der Waals surface area contributed by atoms with Crippen molar-refractivity contribution in [2.45, 2.75) is 230 Å². The molecule has 1 saturated carbocycles. The Bertz CT molecular complexity index is 2010. The predicted molar refractivity (Wildman–Crippen MR) is 284 cm³/mol. The number of H-pyrrole nitrogens is 1. The number of rotatable bonds is 50. The molecule has 1 heterocycles. The summed E-state index contributed by atoms with van der Waals surface area (Å²) in [6, 6.07) is -2.29. The van der Waals surface area contributed by atoms with Crippen molar-refractivity contribution in [3.05, 3.63) is 18.2 Å². The summed E-state index contributed by atoms with van der Waals surface area (Å²) in [4.78, 5) is 143. The molecule has 0 aliphatic heterocycles. The molecule has 0 saturated heterocycles. The zero-order chi connectivity index (χ0) is 56.9. The molecule has 1 aliphatic carbocycles. The van der Waals surface area contributed by atoms with Gasteiger partial charge in [0.25, 0.3) is 0 Å². The van der Waals surface area contributed by atoms with Crippen LogP contribution in [0.25, 0.3) is 0 Å². The van der Waals surface area contributed by atoms with Gasteiger partial charge in [-0.1, -0.05) is 77.0 Å². The summed E-state index contributed by atoms with van der Waals surface area (Å²) in [6.07, 6.45) is 20.0. The summed E-state index contributed by atoms with van der Waals surface area (Å²) >= 11 is 0. The molecule has 2 rings (SSSR count). The minimum absolute atomic E-state index is 0.0119. The standard InChI is InChI=1S/C55H89N7O15/c56-52(73)44(59-36-47(67)55(30-18-31-55)62-50(70)29-25-41-35-57-38-60-41)20-15-16-32-58-48(68)22-17-21-46(66)40(37-63)34-43(65)26-27-45(54(76)77)61-49(69)28-24-39(53(74)75)33-42(64)19-13-11-9-7-5-3-1-2-4-6-8-10-12-14-23-51(71)72/h35,38-40,44-45,59,63H,1-34,36-37H2,(H2,56,73)(H,57,60)(H,58,68)(H,61,69)(H,62,70)(H,71,72)(H,74,75)(H,76,77)/t39-,40+,44+,45+/m1/s1. The first kappa shape index (κ1) is 67.2. The van der Waals surface area contributed by atoms with Gasteiger partial charge in [0, 0.05) is 82.1 Å². The minimum Gasteiger partial charge on any atom is -0.481 e. The number of imidazole rings is 1. The highest BCUT2D eigenvalue weighted by Gasteiger charge is 2.44. The van der Waals surface area contributed by atoms with Crippen molar-refractivity contribution in [3.8, 4) is 0 Å². The minimum atomic E-state index is -1.48. The highest BCUT2D eigenvalue weighted by Crippen LogP contribution is 2.33. The summed E-state index contributed by atoms with van der Waals surface area (Å²) in [5.74, 6) is -8.99. The molecule has 0 aromatic carbocycles. The van der Waals surface area contributed by atoms with Crippen molar-refractivity contribution < 1.29 is 73.2 Å². The summed E-state index contributed by atoms with van der Waals surface area (Å²) in [5.41, 5.74) is 5.41. The van der Waals surface area contributed by atoms with E-state index in [1.807, 2.05) is 0 Å². The van der Waals surface area contributed by atoms with Crippen molar-refractivity contribution in [1.29, 1.82) is 0 Å². The third kappa shape index (κ3) is 30.6. The molecule has 11 N–H and O–H groups in total. The number of nitrogens with zero attached hydrogens (tertiary/aromatic N) is 1. The zero-order valence-electron chi connectivity index (χ0n) is 45.2. The molecule has 434 valence electrons. The summed E-state index contributed by atoms with van der Waals surface area (Å²) < 4.78 is 0. The van der Waals surface area contributed by atoms with Gasteiger partial charge in [-0.3, -0.25) is 53.3 Å². The molecular weight excluding hydrogens is 999 g/mol. The Labute approximate surface area is 452 Å². The quantitative estimate of drug-likeness (QED) is 0.0379. The number of aliphatic hydroxyl groups is 1. The van der Waals surface area contributed by atoms with Gasteiger partial charge in [0.1, 0.15) is 23.4 Å². The van der Waals surface area contributed by atoms with E-state index in [9.17, 15) is 68.1 Å². The Kier molecular flexibility index (Phi) is 34.4. The largest absolute Gasteiger partial charge is 0.481 e. The first-order valence-corrected chi connectivity index (χ1v) is 28.1. The molecule has 22 heteroatoms. The zero-order valence-corrected chi connectivity index (χ0v) is 45.2. The maximum atomic E-state index is 13.2. The average Bonchev–Trinajstić information content (AvgIpc) is 3.90. The molecule has 0 bridgehead atoms. The van der Waals surface area contributed by atoms with Crippen LogP contribution in [-0.4, -0.2) is 132 Å². The molecule has 1 aromatic heterocycles. The van der Waals surface area contributed by atoms with E-state index in [1.54, 1.807) is 6.20 Å². The van der Waals surface area contributed by atoms with E-state index in [0.717, 1.165) is 69.9 Å². The number of carboxylic acid groups (broad SMARTS) is 3. The number of Topliss-reactive ketones (excluding diaryl/α,β-unsaturated/α-hetero) is 4. The SMILES string of the molecule is NC(=O)[C@H](CCCCNC(=O)CCCC(=O)[C@H](CO)CC(=O)CC[C@H](NC(=O)CC[C@H](CC(=O)CCCCCCCCCCCCCCCCC(=O)O)C(=O)O)C(=O)O)NCC(=O)C1(NC(=O)CCc2cnc[nH]2)CCC1. The van der Waals surface area contributed by atoms with Gasteiger partial charge in [0.15, 0.2) is 5.78 Å². The molecule has 1 aliphatic rings. The Morgan fingerprint density at radius 1 is 0.597 bits per heavy atom. The van der Waals surface area contributed by atoms with Crippen LogP contribution in [-0.2, 0) is 59.2 Å². The van der Waals surface area contributed by atoms with Crippen LogP contribution in [0, 0.1) is 11.8 Å². The number of ketones is 4. The van der Waals surface area contributed by atoms with Gasteiger partial charge in [0.2, 0.25) is 23.6 Å². The number of carbonyl (C=O) groups excluding carboxylic acids is 8. The number of aliphatic carboxylic acids is 3. The number of amides is 4. The van der Waals surface area contributed by atoms with E-state index in [4.69, 9.17) is 10.8 Å². The van der Waals surface area contributed by atoms with E-state index in [1.165, 1.54) is 32.0 Å². The molecule has 4 atom stereocenters. The first-order valence-electron chi connectivity index (χ1n) is 28.1. The van der Waals surface area contributed by atoms with Crippen LogP contribution in [0.1, 0.15) is 211 Å². The number of aromatic nitrogens is 2. The third-order valence-electron chi connectivity index (χ3n) is 14.4. The molecule has 1 fully saturated rings. The van der Waals surface area contributed by atoms with Crippen LogP contribution in [0.3, 0.4) is 0 Å². The van der Waals surface area contributed by atoms with Gasteiger partial charge < -0.3 is 47.1 Å². The van der Waals surface area contributed by atoms with Crippen LogP contribution < -0.4 is 27.0 Å². The molecule has 22 nitrogen and oxygen atoms in total. The Morgan fingerprint density at radius 2 is 1.19 bits per heavy atom. The van der Waals surface area contributed by atoms with E-state index >= 15 is 0 Å². The van der Waals surface area contributed by atoms with E-state index in [0.29, 0.717) is 44.9 Å². The highest BCUT2D eigenvalue weighted by atomic mass is 16.4. The average molecular weight is 1090 g/mol. The summed E-state index contributed by atoms with van der Waals surface area (Å²) in [6.45, 7) is -0.527. The number of nitrogens with one attached hydrogen (secondary N) is 5. The second kappa shape index (κ2) is 39.5. The van der Waals surface area contributed by atoms with Crippen LogP contribution in [0.4, 0.5) is 0 Å². The number of hydrogen-bond acceptors (Lipinski definition) is 14. The Balaban J connectivity index is 1.58. The number of nitrogens with two attached hydrogens (primary N) is 1. The van der Waals surface area contributed by atoms with Gasteiger partial charge in [-0.2, -0.15) is 0 Å². The van der Waals surface area contributed by atoms with Gasteiger partial charge in [-0.05, 0) is 77.0 Å². The van der Waals surface area contributed by atoms with Crippen LogP contribution >= 0.6 is 0 Å². The number of primary amides is 1. The fraction of sp³-hybridized carbons (Fsp3) is 0.745. The fourth-order valence-corrected chi connectivity index (χ4v) is 9.35. The van der Waals surface area contributed by atoms with E-state index in [-0.39, 0.29) is 114 Å². The lowest BCUT2D eigenvalue weighted by atomic mass is 9.73. The van der Waals surface area contributed by atoms with Gasteiger partial charge in [-0.15, -0.1) is 0 Å². The smallest absolute Gasteiger partial charge is 0.326 e. The number of carboxylic acids is 3. The van der Waals surface area contributed by atoms with E-state index in [2.05, 4.69) is 31.2 Å². The topological polar surface area (TPSA) is 372 Å². The number of aryl methyl sites for hydroxylation is 1. The van der Waals surface area contributed by atoms with Gasteiger partial charge in [0.05, 0.1) is 37.0 Å². The van der Waals surface area contributed by atoms with Gasteiger partial charge >= 0.3 is 17.9 Å². The molecule has 1 aromatic rings. The second-order valence-electron chi connectivity index (χ2n) is 20.8. The third-order valence-corrected chi connectivity index (χ3v) is 14.4. The Hall–Kier alpha value is -5.90. The lowest BCUT2D eigenvalue weighted by Crippen LogP contribution is -2.62. The molecule has 77 heavy (non-hydrogen) atoms. The fourth-order valence-electron chi connectivity index (χ4n) is 9.35. The molecule has 0 spiro atoms. The monoisotopic (exact) mass is 1090 g/mol. The maximum absolute atomic E-state index is 13.2. The van der Waals surface area contributed by atoms with E-state index < -0.39 is 77.4 Å². The molecule has 0 unspecified atom stereocenters. The van der Waals surface area contributed by atoms with Crippen molar-refractivity contribution in [1.82, 2.24) is 31.2 Å². The molecular formula is C55H89N7O15.